The fourth-order valence-corrected chi connectivity index (χ4v) is 2.36. The van der Waals surface area contributed by atoms with E-state index in [0.717, 1.165) is 46.9 Å². The van der Waals surface area contributed by atoms with E-state index in [1.54, 1.807) is 14.2 Å². The van der Waals surface area contributed by atoms with Gasteiger partial charge in [-0.2, -0.15) is 0 Å². The number of aromatic nitrogens is 1. The molecule has 0 atom stereocenters. The second-order valence-corrected chi connectivity index (χ2v) is 4.94. The minimum atomic E-state index is 0.0439. The Morgan fingerprint density at radius 2 is 1.86 bits per heavy atom. The molecular weight excluding hydrogens is 266 g/mol. The van der Waals surface area contributed by atoms with Crippen molar-refractivity contribution < 1.29 is 14.6 Å². The molecule has 112 valence electrons. The maximum atomic E-state index is 9.25. The van der Waals surface area contributed by atoms with Gasteiger partial charge in [0, 0.05) is 17.5 Å². The Morgan fingerprint density at radius 1 is 1.05 bits per heavy atom. The molecule has 0 fully saturated rings. The van der Waals surface area contributed by atoms with Gasteiger partial charge in [-0.05, 0) is 49.1 Å². The van der Waals surface area contributed by atoms with Crippen LogP contribution in [0.1, 0.15) is 22.5 Å². The van der Waals surface area contributed by atoms with Gasteiger partial charge in [0.15, 0.2) is 0 Å². The summed E-state index contributed by atoms with van der Waals surface area (Å²) in [6, 6.07) is 9.68. The lowest BCUT2D eigenvalue weighted by Gasteiger charge is -2.11. The van der Waals surface area contributed by atoms with Crippen LogP contribution in [0.15, 0.2) is 30.3 Å². The normalized spacial score (nSPS) is 10.5. The quantitative estimate of drug-likeness (QED) is 0.887. The zero-order valence-electron chi connectivity index (χ0n) is 12.7. The maximum absolute atomic E-state index is 9.25. The fraction of sp³-hybridized carbons (Fsp3) is 0.353. The van der Waals surface area contributed by atoms with E-state index in [-0.39, 0.29) is 6.61 Å². The molecule has 1 heterocycles. The number of ether oxygens (including phenoxy) is 2. The van der Waals surface area contributed by atoms with Crippen LogP contribution in [0.2, 0.25) is 0 Å². The Kier molecular flexibility index (Phi) is 5.17. The predicted octanol–water partition coefficient (Wildman–Crippen LogP) is 2.68. The van der Waals surface area contributed by atoms with Crippen molar-refractivity contribution in [2.45, 2.75) is 26.4 Å². The number of nitrogens with zero attached hydrogens (tertiary/aromatic N) is 1. The zero-order valence-corrected chi connectivity index (χ0v) is 12.7. The number of aliphatic hydroxyl groups excluding tert-OH is 1. The smallest absolute Gasteiger partial charge is 0.125 e. The largest absolute Gasteiger partial charge is 0.497 e. The third-order valence-electron chi connectivity index (χ3n) is 3.39. The van der Waals surface area contributed by atoms with Crippen LogP contribution >= 0.6 is 0 Å². The summed E-state index contributed by atoms with van der Waals surface area (Å²) in [7, 11) is 3.30. The molecule has 1 aromatic heterocycles. The summed E-state index contributed by atoms with van der Waals surface area (Å²) in [4.78, 5) is 4.51. The molecule has 0 spiro atoms. The molecule has 21 heavy (non-hydrogen) atoms. The molecule has 4 nitrogen and oxygen atoms in total. The monoisotopic (exact) mass is 287 g/mol. The highest BCUT2D eigenvalue weighted by Crippen LogP contribution is 2.25. The van der Waals surface area contributed by atoms with E-state index in [4.69, 9.17) is 9.47 Å². The molecule has 0 radical (unpaired) electrons. The second kappa shape index (κ2) is 7.09. The van der Waals surface area contributed by atoms with Crippen LogP contribution < -0.4 is 9.47 Å². The summed E-state index contributed by atoms with van der Waals surface area (Å²) in [6.07, 6.45) is 1.63. The van der Waals surface area contributed by atoms with Gasteiger partial charge in [0.05, 0.1) is 20.8 Å². The van der Waals surface area contributed by atoms with Crippen LogP contribution in [0.5, 0.6) is 11.5 Å². The van der Waals surface area contributed by atoms with Gasteiger partial charge in [-0.1, -0.05) is 6.07 Å². The van der Waals surface area contributed by atoms with E-state index in [9.17, 15) is 5.11 Å². The van der Waals surface area contributed by atoms with E-state index in [0.29, 0.717) is 0 Å². The summed E-state index contributed by atoms with van der Waals surface area (Å²) in [5.74, 6) is 1.61. The molecule has 0 aliphatic heterocycles. The molecule has 1 N–H and O–H groups in total. The van der Waals surface area contributed by atoms with Gasteiger partial charge in [-0.25, -0.2) is 0 Å². The number of hydrogen-bond acceptors (Lipinski definition) is 4. The average molecular weight is 287 g/mol. The van der Waals surface area contributed by atoms with Gasteiger partial charge in [0.2, 0.25) is 0 Å². The van der Waals surface area contributed by atoms with Crippen molar-refractivity contribution in [1.82, 2.24) is 4.98 Å². The molecule has 0 saturated heterocycles. The van der Waals surface area contributed by atoms with Crippen molar-refractivity contribution in [1.29, 1.82) is 0 Å². The van der Waals surface area contributed by atoms with Crippen molar-refractivity contribution in [3.8, 4) is 11.5 Å². The third kappa shape index (κ3) is 3.95. The second-order valence-electron chi connectivity index (χ2n) is 4.94. The predicted molar refractivity (Wildman–Crippen MR) is 81.9 cm³/mol. The highest BCUT2D eigenvalue weighted by molar-refractivity contribution is 5.41. The fourth-order valence-electron chi connectivity index (χ4n) is 2.36. The topological polar surface area (TPSA) is 51.6 Å². The summed E-state index contributed by atoms with van der Waals surface area (Å²) in [5.41, 5.74) is 3.93. The van der Waals surface area contributed by atoms with Crippen LogP contribution in [0.4, 0.5) is 0 Å². The van der Waals surface area contributed by atoms with Crippen molar-refractivity contribution in [3.63, 3.8) is 0 Å². The molecule has 0 unspecified atom stereocenters. The summed E-state index contributed by atoms with van der Waals surface area (Å²) in [6.45, 7) is 1.98. The van der Waals surface area contributed by atoms with E-state index < -0.39 is 0 Å². The maximum Gasteiger partial charge on any atom is 0.125 e. The Balaban J connectivity index is 2.14. The number of aryl methyl sites for hydroxylation is 3. The lowest BCUT2D eigenvalue weighted by Crippen LogP contribution is -2.00. The Hall–Kier alpha value is -2.07. The van der Waals surface area contributed by atoms with Gasteiger partial charge in [-0.3, -0.25) is 4.98 Å². The summed E-state index contributed by atoms with van der Waals surface area (Å²) >= 11 is 0. The number of rotatable bonds is 6. The number of pyridine rings is 1. The molecule has 2 rings (SSSR count). The molecular formula is C17H21NO3. The molecule has 2 aromatic rings. The Morgan fingerprint density at radius 3 is 2.52 bits per heavy atom. The van der Waals surface area contributed by atoms with Crippen LogP contribution in [-0.4, -0.2) is 24.3 Å². The molecule has 0 aliphatic carbocycles. The molecule has 0 bridgehead atoms. The average Bonchev–Trinajstić information content (AvgIpc) is 2.52. The van der Waals surface area contributed by atoms with E-state index in [1.165, 1.54) is 0 Å². The van der Waals surface area contributed by atoms with Gasteiger partial charge in [0.1, 0.15) is 11.5 Å². The van der Waals surface area contributed by atoms with Gasteiger partial charge >= 0.3 is 0 Å². The van der Waals surface area contributed by atoms with Crippen LogP contribution in [0.25, 0.3) is 0 Å². The Labute approximate surface area is 125 Å². The molecule has 4 heteroatoms. The van der Waals surface area contributed by atoms with Gasteiger partial charge in [0.25, 0.3) is 0 Å². The first-order valence-corrected chi connectivity index (χ1v) is 6.94. The van der Waals surface area contributed by atoms with Crippen molar-refractivity contribution in [2.24, 2.45) is 0 Å². The number of benzene rings is 1. The number of aliphatic hydroxyl groups is 1. The van der Waals surface area contributed by atoms with E-state index in [2.05, 4.69) is 4.98 Å². The Bertz CT molecular complexity index is 611. The highest BCUT2D eigenvalue weighted by atomic mass is 16.5. The minimum absolute atomic E-state index is 0.0439. The zero-order chi connectivity index (χ0) is 15.2. The first-order chi connectivity index (χ1) is 10.2. The first-order valence-electron chi connectivity index (χ1n) is 6.94. The lowest BCUT2D eigenvalue weighted by molar-refractivity contribution is 0.281. The van der Waals surface area contributed by atoms with Crippen molar-refractivity contribution >= 4 is 0 Å². The summed E-state index contributed by atoms with van der Waals surface area (Å²) in [5, 5.41) is 9.25. The van der Waals surface area contributed by atoms with Gasteiger partial charge < -0.3 is 14.6 Å². The standard InChI is InChI=1S/C17H21NO3/c1-12-8-13(11-19)9-15(18-12)6-4-14-5-7-16(20-2)10-17(14)21-3/h5,7-10,19H,4,6,11H2,1-3H3. The van der Waals surface area contributed by atoms with Crippen LogP contribution in [0, 0.1) is 6.92 Å². The third-order valence-corrected chi connectivity index (χ3v) is 3.39. The van der Waals surface area contributed by atoms with Crippen LogP contribution in [-0.2, 0) is 19.4 Å². The number of methoxy groups -OCH3 is 2. The van der Waals surface area contributed by atoms with E-state index in [1.807, 2.05) is 37.3 Å². The lowest BCUT2D eigenvalue weighted by atomic mass is 10.0. The first kappa shape index (κ1) is 15.3. The molecule has 1 aromatic carbocycles. The molecule has 0 saturated carbocycles. The number of hydrogen-bond donors (Lipinski definition) is 1. The summed E-state index contributed by atoms with van der Waals surface area (Å²) < 4.78 is 10.6. The minimum Gasteiger partial charge on any atom is -0.497 e. The molecule has 0 aliphatic rings. The molecule has 0 amide bonds. The highest BCUT2D eigenvalue weighted by Gasteiger charge is 2.07. The van der Waals surface area contributed by atoms with Crippen molar-refractivity contribution in [3.05, 3.63) is 52.8 Å². The van der Waals surface area contributed by atoms with E-state index >= 15 is 0 Å². The van der Waals surface area contributed by atoms with Crippen LogP contribution in [0.3, 0.4) is 0 Å². The SMILES string of the molecule is COc1ccc(CCc2cc(CO)cc(C)n2)c(OC)c1. The van der Waals surface area contributed by atoms with Crippen molar-refractivity contribution in [2.75, 3.05) is 14.2 Å². The van der Waals surface area contributed by atoms with Gasteiger partial charge in [-0.15, -0.1) is 0 Å².